The van der Waals surface area contributed by atoms with Crippen molar-refractivity contribution in [3.63, 3.8) is 0 Å². The van der Waals surface area contributed by atoms with Gasteiger partial charge in [0.1, 0.15) is 0 Å². The van der Waals surface area contributed by atoms with Crippen molar-refractivity contribution in [3.8, 4) is 6.07 Å². The van der Waals surface area contributed by atoms with E-state index >= 15 is 0 Å². The molecule has 15 heavy (non-hydrogen) atoms. The Morgan fingerprint density at radius 1 is 1.60 bits per heavy atom. The number of hydrogen-bond donors (Lipinski definition) is 1. The van der Waals surface area contributed by atoms with Crippen LogP contribution >= 0.6 is 0 Å². The Kier molecular flexibility index (Phi) is 6.33. The second kappa shape index (κ2) is 7.63. The maximum absolute atomic E-state index is 8.63. The number of rotatable bonds is 6. The molecule has 0 spiro atoms. The van der Waals surface area contributed by atoms with Gasteiger partial charge < -0.3 is 10.1 Å². The van der Waals surface area contributed by atoms with Gasteiger partial charge in [-0.3, -0.25) is 4.90 Å². The molecular formula is C11H21N3O. The highest BCUT2D eigenvalue weighted by molar-refractivity contribution is 4.81. The summed E-state index contributed by atoms with van der Waals surface area (Å²) in [6, 6.07) is 2.22. The van der Waals surface area contributed by atoms with Crippen LogP contribution in [0.15, 0.2) is 0 Å². The molecule has 1 fully saturated rings. The zero-order valence-corrected chi connectivity index (χ0v) is 9.54. The van der Waals surface area contributed by atoms with E-state index in [0.717, 1.165) is 32.8 Å². The van der Waals surface area contributed by atoms with E-state index in [2.05, 4.69) is 16.3 Å². The number of nitriles is 1. The Morgan fingerprint density at radius 3 is 3.20 bits per heavy atom. The van der Waals surface area contributed by atoms with Crippen molar-refractivity contribution in [1.29, 1.82) is 5.26 Å². The molecule has 0 aromatic carbocycles. The van der Waals surface area contributed by atoms with Crippen LogP contribution in [0.1, 0.15) is 12.8 Å². The van der Waals surface area contributed by atoms with Crippen LogP contribution in [0.3, 0.4) is 0 Å². The standard InChI is InChI=1S/C11H21N3O/c1-15-8-5-13-9-11-3-2-6-14(10-11)7-4-12/h11,13H,2-3,5-10H2,1H3. The number of methoxy groups -OCH3 is 1. The van der Waals surface area contributed by atoms with E-state index < -0.39 is 0 Å². The predicted molar refractivity (Wildman–Crippen MR) is 59.5 cm³/mol. The summed E-state index contributed by atoms with van der Waals surface area (Å²) in [6.07, 6.45) is 2.50. The molecule has 1 rings (SSSR count). The van der Waals surface area contributed by atoms with Gasteiger partial charge in [0.05, 0.1) is 19.2 Å². The minimum absolute atomic E-state index is 0.578. The highest BCUT2D eigenvalue weighted by Gasteiger charge is 2.18. The Bertz CT molecular complexity index is 202. The molecule has 1 saturated heterocycles. The van der Waals surface area contributed by atoms with Gasteiger partial charge >= 0.3 is 0 Å². The first-order chi connectivity index (χ1) is 7.36. The molecule has 0 aromatic heterocycles. The van der Waals surface area contributed by atoms with E-state index in [9.17, 15) is 0 Å². The fourth-order valence-corrected chi connectivity index (χ4v) is 2.04. The summed E-state index contributed by atoms with van der Waals surface area (Å²) in [4.78, 5) is 2.24. The van der Waals surface area contributed by atoms with Gasteiger partial charge in [-0.05, 0) is 31.8 Å². The van der Waals surface area contributed by atoms with E-state index in [1.54, 1.807) is 7.11 Å². The fourth-order valence-electron chi connectivity index (χ4n) is 2.04. The smallest absolute Gasteiger partial charge is 0.0866 e. The van der Waals surface area contributed by atoms with E-state index in [1.165, 1.54) is 12.8 Å². The minimum atomic E-state index is 0.578. The maximum atomic E-state index is 8.63. The Hall–Kier alpha value is -0.630. The molecule has 0 aromatic rings. The van der Waals surface area contributed by atoms with Crippen molar-refractivity contribution in [3.05, 3.63) is 0 Å². The molecule has 1 unspecified atom stereocenters. The normalized spacial score (nSPS) is 22.5. The Labute approximate surface area is 92.2 Å². The summed E-state index contributed by atoms with van der Waals surface area (Å²) in [5.41, 5.74) is 0. The molecule has 4 heteroatoms. The number of hydrogen-bond acceptors (Lipinski definition) is 4. The molecule has 0 aliphatic carbocycles. The van der Waals surface area contributed by atoms with Crippen molar-refractivity contribution < 1.29 is 4.74 Å². The van der Waals surface area contributed by atoms with E-state index in [-0.39, 0.29) is 0 Å². The topological polar surface area (TPSA) is 48.3 Å². The van der Waals surface area contributed by atoms with Crippen LogP contribution in [0.25, 0.3) is 0 Å². The van der Waals surface area contributed by atoms with Crippen LogP contribution in [0.5, 0.6) is 0 Å². The summed E-state index contributed by atoms with van der Waals surface area (Å²) < 4.78 is 4.97. The number of nitrogens with one attached hydrogen (secondary N) is 1. The lowest BCUT2D eigenvalue weighted by atomic mass is 9.98. The molecular weight excluding hydrogens is 190 g/mol. The van der Waals surface area contributed by atoms with E-state index in [0.29, 0.717) is 12.5 Å². The van der Waals surface area contributed by atoms with Gasteiger partial charge in [0.25, 0.3) is 0 Å². The second-order valence-electron chi connectivity index (χ2n) is 4.10. The molecule has 86 valence electrons. The number of nitrogens with zero attached hydrogens (tertiary/aromatic N) is 2. The van der Waals surface area contributed by atoms with E-state index in [4.69, 9.17) is 10.00 Å². The number of likely N-dealkylation sites (tertiary alicyclic amines) is 1. The van der Waals surface area contributed by atoms with Crippen molar-refractivity contribution in [2.75, 3.05) is 46.4 Å². The lowest BCUT2D eigenvalue weighted by Crippen LogP contribution is -2.40. The van der Waals surface area contributed by atoms with Gasteiger partial charge in [0, 0.05) is 20.2 Å². The third-order valence-corrected chi connectivity index (χ3v) is 2.81. The Balaban J connectivity index is 2.10. The fraction of sp³-hybridized carbons (Fsp3) is 0.909. The summed E-state index contributed by atoms with van der Waals surface area (Å²) in [6.45, 7) is 5.47. The van der Waals surface area contributed by atoms with Gasteiger partial charge in [0.15, 0.2) is 0 Å². The zero-order valence-electron chi connectivity index (χ0n) is 9.54. The molecule has 1 aliphatic rings. The lowest BCUT2D eigenvalue weighted by molar-refractivity contribution is 0.176. The average molecular weight is 211 g/mol. The average Bonchev–Trinajstić information content (AvgIpc) is 2.26. The van der Waals surface area contributed by atoms with Gasteiger partial charge in [-0.15, -0.1) is 0 Å². The zero-order chi connectivity index (χ0) is 10.9. The maximum Gasteiger partial charge on any atom is 0.0866 e. The first-order valence-electron chi connectivity index (χ1n) is 5.65. The van der Waals surface area contributed by atoms with Crippen molar-refractivity contribution in [2.45, 2.75) is 12.8 Å². The summed E-state index contributed by atoms with van der Waals surface area (Å²) in [5.74, 6) is 0.698. The first kappa shape index (κ1) is 12.4. The van der Waals surface area contributed by atoms with Gasteiger partial charge in [-0.1, -0.05) is 0 Å². The van der Waals surface area contributed by atoms with E-state index in [1.807, 2.05) is 0 Å². The second-order valence-corrected chi connectivity index (χ2v) is 4.10. The SMILES string of the molecule is COCCNCC1CCCN(CC#N)C1. The van der Waals surface area contributed by atoms with Gasteiger partial charge in [-0.2, -0.15) is 5.26 Å². The highest BCUT2D eigenvalue weighted by atomic mass is 16.5. The molecule has 1 atom stereocenters. The molecule has 1 aliphatic heterocycles. The van der Waals surface area contributed by atoms with Crippen molar-refractivity contribution in [1.82, 2.24) is 10.2 Å². The van der Waals surface area contributed by atoms with Crippen LogP contribution in [0.4, 0.5) is 0 Å². The largest absolute Gasteiger partial charge is 0.383 e. The third kappa shape index (κ3) is 5.12. The molecule has 0 amide bonds. The Morgan fingerprint density at radius 2 is 2.47 bits per heavy atom. The first-order valence-corrected chi connectivity index (χ1v) is 5.65. The van der Waals surface area contributed by atoms with Crippen LogP contribution in [-0.4, -0.2) is 51.3 Å². The molecule has 4 nitrogen and oxygen atoms in total. The molecule has 0 saturated carbocycles. The molecule has 0 bridgehead atoms. The minimum Gasteiger partial charge on any atom is -0.383 e. The lowest BCUT2D eigenvalue weighted by Gasteiger charge is -2.31. The third-order valence-electron chi connectivity index (χ3n) is 2.81. The highest BCUT2D eigenvalue weighted by Crippen LogP contribution is 2.14. The van der Waals surface area contributed by atoms with Crippen molar-refractivity contribution in [2.24, 2.45) is 5.92 Å². The van der Waals surface area contributed by atoms with Crippen LogP contribution in [0, 0.1) is 17.2 Å². The van der Waals surface area contributed by atoms with Crippen molar-refractivity contribution >= 4 is 0 Å². The number of ether oxygens (including phenoxy) is 1. The summed E-state index contributed by atoms with van der Waals surface area (Å²) in [5, 5.41) is 12.0. The van der Waals surface area contributed by atoms with Crippen LogP contribution < -0.4 is 5.32 Å². The van der Waals surface area contributed by atoms with Crippen LogP contribution in [0.2, 0.25) is 0 Å². The quantitative estimate of drug-likeness (QED) is 0.512. The van der Waals surface area contributed by atoms with Gasteiger partial charge in [0.2, 0.25) is 0 Å². The summed E-state index contributed by atoms with van der Waals surface area (Å²) >= 11 is 0. The predicted octanol–water partition coefficient (Wildman–Crippen LogP) is 0.458. The number of piperidine rings is 1. The summed E-state index contributed by atoms with van der Waals surface area (Å²) in [7, 11) is 1.72. The monoisotopic (exact) mass is 211 g/mol. The van der Waals surface area contributed by atoms with Crippen LogP contribution in [-0.2, 0) is 4.74 Å². The molecule has 0 radical (unpaired) electrons. The molecule has 1 heterocycles. The van der Waals surface area contributed by atoms with Gasteiger partial charge in [-0.25, -0.2) is 0 Å². The molecule has 1 N–H and O–H groups in total.